The Balaban J connectivity index is 1.60. The van der Waals surface area contributed by atoms with Crippen LogP contribution in [0.2, 0.25) is 0 Å². The quantitative estimate of drug-likeness (QED) is 0.702. The minimum Gasteiger partial charge on any atom is -0.376 e. The van der Waals surface area contributed by atoms with Crippen LogP contribution in [0.25, 0.3) is 0 Å². The van der Waals surface area contributed by atoms with Gasteiger partial charge in [-0.15, -0.1) is 0 Å². The lowest BCUT2D eigenvalue weighted by Crippen LogP contribution is -2.54. The predicted octanol–water partition coefficient (Wildman–Crippen LogP) is 5.35. The molecule has 0 aromatic carbocycles. The molecule has 1 spiro atoms. The van der Waals surface area contributed by atoms with Crippen molar-refractivity contribution in [2.45, 2.75) is 88.6 Å². The molecule has 5 atom stereocenters. The molecule has 2 aromatic rings. The van der Waals surface area contributed by atoms with E-state index in [1.54, 1.807) is 0 Å². The Bertz CT molecular complexity index is 871. The van der Waals surface area contributed by atoms with E-state index < -0.39 is 5.72 Å². The number of hydrogen-bond acceptors (Lipinski definition) is 3. The molecule has 5 rings (SSSR count). The second kappa shape index (κ2) is 8.35. The van der Waals surface area contributed by atoms with E-state index in [1.165, 1.54) is 49.9 Å². The van der Waals surface area contributed by atoms with E-state index in [-0.39, 0.29) is 18.1 Å². The van der Waals surface area contributed by atoms with Gasteiger partial charge in [-0.3, -0.25) is 0 Å². The van der Waals surface area contributed by atoms with Gasteiger partial charge in [0.1, 0.15) is 6.10 Å². The maximum absolute atomic E-state index is 6.78. The van der Waals surface area contributed by atoms with Gasteiger partial charge < -0.3 is 19.4 Å². The van der Waals surface area contributed by atoms with Crippen molar-refractivity contribution >= 4 is 5.71 Å². The van der Waals surface area contributed by atoms with Crippen LogP contribution in [0.4, 0.5) is 0 Å². The van der Waals surface area contributed by atoms with Crippen LogP contribution in [0, 0.1) is 5.92 Å². The predicted molar refractivity (Wildman–Crippen MR) is 119 cm³/mol. The zero-order chi connectivity index (χ0) is 20.6. The average molecular weight is 410 g/mol. The Morgan fingerprint density at radius 1 is 1.13 bits per heavy atom. The normalized spacial score (nSPS) is 34.8. The van der Waals surface area contributed by atoms with Crippen LogP contribution in [0.3, 0.4) is 0 Å². The molecule has 0 saturated carbocycles. The summed E-state index contributed by atoms with van der Waals surface area (Å²) in [5.41, 5.74) is 4.11. The van der Waals surface area contributed by atoms with E-state index in [0.717, 1.165) is 30.7 Å². The minimum atomic E-state index is -0.663. The SMILES string of the molecule is CO[C@H]1CC(c2ccc[nH]2)=N[C@]12O[C@@H](C)C[C@@H]1CCCCCCCc3ccc([nH]3)[C@H]12. The van der Waals surface area contributed by atoms with E-state index >= 15 is 0 Å². The number of aryl methyl sites for hydroxylation is 1. The monoisotopic (exact) mass is 409 g/mol. The van der Waals surface area contributed by atoms with Gasteiger partial charge in [0.05, 0.1) is 23.4 Å². The highest BCUT2D eigenvalue weighted by atomic mass is 16.6. The van der Waals surface area contributed by atoms with Crippen molar-refractivity contribution in [1.29, 1.82) is 0 Å². The van der Waals surface area contributed by atoms with E-state index in [0.29, 0.717) is 5.92 Å². The lowest BCUT2D eigenvalue weighted by atomic mass is 9.72. The number of fused-ring (bicyclic) bond motifs is 5. The van der Waals surface area contributed by atoms with E-state index in [4.69, 9.17) is 14.5 Å². The topological polar surface area (TPSA) is 62.4 Å². The molecule has 3 aliphatic rings. The number of methoxy groups -OCH3 is 1. The van der Waals surface area contributed by atoms with Crippen molar-refractivity contribution in [3.63, 3.8) is 0 Å². The molecule has 3 aliphatic heterocycles. The van der Waals surface area contributed by atoms with Crippen molar-refractivity contribution in [3.8, 4) is 0 Å². The van der Waals surface area contributed by atoms with Crippen LogP contribution >= 0.6 is 0 Å². The van der Waals surface area contributed by atoms with Crippen LogP contribution in [-0.2, 0) is 15.9 Å². The summed E-state index contributed by atoms with van der Waals surface area (Å²) in [5.74, 6) is 0.739. The molecule has 0 unspecified atom stereocenters. The van der Waals surface area contributed by atoms with Gasteiger partial charge in [0.25, 0.3) is 0 Å². The van der Waals surface area contributed by atoms with Crippen LogP contribution in [-0.4, -0.2) is 40.7 Å². The number of nitrogens with one attached hydrogen (secondary N) is 2. The first-order valence-electron chi connectivity index (χ1n) is 11.8. The molecule has 1 saturated heterocycles. The molecule has 0 aliphatic carbocycles. The fraction of sp³-hybridized carbons (Fsp3) is 0.640. The summed E-state index contributed by atoms with van der Waals surface area (Å²) in [7, 11) is 1.81. The smallest absolute Gasteiger partial charge is 0.194 e. The van der Waals surface area contributed by atoms with Gasteiger partial charge in [0.2, 0.25) is 0 Å². The fourth-order valence-electron chi connectivity index (χ4n) is 6.10. The number of nitrogens with zero attached hydrogens (tertiary/aromatic N) is 1. The number of hydrogen-bond donors (Lipinski definition) is 2. The molecule has 5 heterocycles. The maximum Gasteiger partial charge on any atom is 0.194 e. The van der Waals surface area contributed by atoms with E-state index in [1.807, 2.05) is 19.4 Å². The maximum atomic E-state index is 6.78. The summed E-state index contributed by atoms with van der Waals surface area (Å²) >= 11 is 0. The van der Waals surface area contributed by atoms with Gasteiger partial charge in [-0.2, -0.15) is 0 Å². The molecule has 2 bridgehead atoms. The summed E-state index contributed by atoms with van der Waals surface area (Å²) in [6.07, 6.45) is 12.9. The summed E-state index contributed by atoms with van der Waals surface area (Å²) in [6.45, 7) is 2.21. The zero-order valence-corrected chi connectivity index (χ0v) is 18.3. The molecule has 2 aromatic heterocycles. The Hall–Kier alpha value is -1.85. The molecule has 2 N–H and O–H groups in total. The number of rotatable bonds is 2. The standard InChI is InChI=1S/C25H35N3O2/c1-17-15-18-9-6-4-3-5-7-10-19-12-13-21(27-19)24(18)25(30-17)23(29-2)16-22(28-25)20-11-8-14-26-20/h8,11-14,17-18,23-24,26-27H,3-7,9-10,15-16H2,1-2H3/t17-,18-,23-,24-,25-/m0/s1. The Kier molecular flexibility index (Phi) is 5.59. The molecular formula is C25H35N3O2. The summed E-state index contributed by atoms with van der Waals surface area (Å²) in [4.78, 5) is 12.4. The van der Waals surface area contributed by atoms with Crippen molar-refractivity contribution in [3.05, 3.63) is 47.5 Å². The van der Waals surface area contributed by atoms with E-state index in [9.17, 15) is 0 Å². The Morgan fingerprint density at radius 3 is 2.83 bits per heavy atom. The van der Waals surface area contributed by atoms with Crippen molar-refractivity contribution < 1.29 is 9.47 Å². The first-order valence-corrected chi connectivity index (χ1v) is 11.8. The van der Waals surface area contributed by atoms with Crippen molar-refractivity contribution in [2.75, 3.05) is 7.11 Å². The average Bonchev–Trinajstić information content (AvgIpc) is 3.46. The van der Waals surface area contributed by atoms with Gasteiger partial charge in [-0.1, -0.05) is 25.7 Å². The molecule has 1 fully saturated rings. The Labute approximate surface area is 179 Å². The molecule has 0 amide bonds. The molecule has 5 nitrogen and oxygen atoms in total. The first-order chi connectivity index (χ1) is 14.7. The largest absolute Gasteiger partial charge is 0.376 e. The van der Waals surface area contributed by atoms with Crippen LogP contribution < -0.4 is 0 Å². The minimum absolute atomic E-state index is 0.0781. The number of ether oxygens (including phenoxy) is 2. The number of aliphatic imine (C=N–C) groups is 1. The third-order valence-electron chi connectivity index (χ3n) is 7.41. The van der Waals surface area contributed by atoms with Gasteiger partial charge in [-0.05, 0) is 62.8 Å². The first kappa shape index (κ1) is 20.1. The third-order valence-corrected chi connectivity index (χ3v) is 7.41. The van der Waals surface area contributed by atoms with Crippen LogP contribution in [0.15, 0.2) is 35.5 Å². The molecule has 162 valence electrons. The third kappa shape index (κ3) is 3.56. The van der Waals surface area contributed by atoms with Gasteiger partial charge >= 0.3 is 0 Å². The van der Waals surface area contributed by atoms with Gasteiger partial charge in [-0.25, -0.2) is 4.99 Å². The highest BCUT2D eigenvalue weighted by molar-refractivity contribution is 6.01. The van der Waals surface area contributed by atoms with E-state index in [2.05, 4.69) is 35.1 Å². The highest BCUT2D eigenvalue weighted by Gasteiger charge is 2.58. The number of aromatic nitrogens is 2. The lowest BCUT2D eigenvalue weighted by molar-refractivity contribution is -0.200. The fourth-order valence-corrected chi connectivity index (χ4v) is 6.10. The van der Waals surface area contributed by atoms with Crippen LogP contribution in [0.1, 0.15) is 81.3 Å². The molecule has 30 heavy (non-hydrogen) atoms. The highest BCUT2D eigenvalue weighted by Crippen LogP contribution is 2.53. The van der Waals surface area contributed by atoms with Crippen molar-refractivity contribution in [1.82, 2.24) is 9.97 Å². The Morgan fingerprint density at radius 2 is 2.00 bits per heavy atom. The van der Waals surface area contributed by atoms with Gasteiger partial charge in [0, 0.05) is 31.1 Å². The lowest BCUT2D eigenvalue weighted by Gasteiger charge is -2.48. The molecule has 0 radical (unpaired) electrons. The number of H-pyrrole nitrogens is 2. The summed E-state index contributed by atoms with van der Waals surface area (Å²) < 4.78 is 12.9. The molecule has 5 heteroatoms. The zero-order valence-electron chi connectivity index (χ0n) is 18.3. The second-order valence-corrected chi connectivity index (χ2v) is 9.47. The van der Waals surface area contributed by atoms with Crippen molar-refractivity contribution in [2.24, 2.45) is 10.9 Å². The second-order valence-electron chi connectivity index (χ2n) is 9.47. The van der Waals surface area contributed by atoms with Gasteiger partial charge in [0.15, 0.2) is 5.72 Å². The summed E-state index contributed by atoms with van der Waals surface area (Å²) in [5, 5.41) is 0. The molecular weight excluding hydrogens is 374 g/mol. The summed E-state index contributed by atoms with van der Waals surface area (Å²) in [6, 6.07) is 8.70. The van der Waals surface area contributed by atoms with Crippen LogP contribution in [0.5, 0.6) is 0 Å². The number of aromatic amines is 2.